The number of amides is 2. The van der Waals surface area contributed by atoms with Crippen molar-refractivity contribution in [2.45, 2.75) is 64.6 Å². The van der Waals surface area contributed by atoms with Gasteiger partial charge in [0.25, 0.3) is 0 Å². The second kappa shape index (κ2) is 15.9. The van der Waals surface area contributed by atoms with Gasteiger partial charge in [0, 0.05) is 19.7 Å². The Hall–Kier alpha value is -4.48. The third kappa shape index (κ3) is 8.09. The van der Waals surface area contributed by atoms with E-state index in [-0.39, 0.29) is 30.6 Å². The highest BCUT2D eigenvalue weighted by atomic mass is 16.5. The fourth-order valence-electron chi connectivity index (χ4n) is 6.36. The molecule has 2 aliphatic heterocycles. The zero-order valence-electron chi connectivity index (χ0n) is 28.0. The predicted molar refractivity (Wildman–Crippen MR) is 182 cm³/mol. The number of nitrogens with one attached hydrogen (secondary N) is 4. The number of ether oxygens (including phenoxy) is 2. The molecule has 2 amide bonds. The Morgan fingerprint density at radius 3 is 2.00 bits per heavy atom. The lowest BCUT2D eigenvalue weighted by Gasteiger charge is -2.27. The molecule has 2 aromatic carbocycles. The molecular weight excluding hydrogens is 594 g/mol. The summed E-state index contributed by atoms with van der Waals surface area (Å²) in [4.78, 5) is 42.4. The SMILES string of the molecule is CCC.COCC1CNC(c2ncc(-c3ccc(-c4ccc(-c5cnc(C6CCC(C)N6C(=O)CNC(=O)OC)[nH]5)cc4)cc3)[nH]2)C1. The molecule has 0 saturated carbocycles. The highest BCUT2D eigenvalue weighted by molar-refractivity contribution is 5.83. The van der Waals surface area contributed by atoms with Crippen molar-refractivity contribution in [3.05, 3.63) is 72.6 Å². The van der Waals surface area contributed by atoms with Gasteiger partial charge < -0.3 is 35.0 Å². The molecular formula is C36H47N7O4. The van der Waals surface area contributed by atoms with Crippen LogP contribution in [0.25, 0.3) is 33.6 Å². The van der Waals surface area contributed by atoms with Crippen molar-refractivity contribution in [2.75, 3.05) is 33.9 Å². The van der Waals surface area contributed by atoms with E-state index in [1.54, 1.807) is 12.0 Å². The maximum absolute atomic E-state index is 12.9. The fourth-order valence-corrected chi connectivity index (χ4v) is 6.36. The smallest absolute Gasteiger partial charge is 0.407 e. The third-order valence-electron chi connectivity index (χ3n) is 8.71. The van der Waals surface area contributed by atoms with E-state index in [0.29, 0.717) is 5.92 Å². The van der Waals surface area contributed by atoms with Crippen LogP contribution in [0.2, 0.25) is 0 Å². The first-order valence-electron chi connectivity index (χ1n) is 16.5. The number of aromatic nitrogens is 4. The molecule has 0 bridgehead atoms. The number of methoxy groups -OCH3 is 2. The fraction of sp³-hybridized carbons (Fsp3) is 0.444. The Bertz CT molecular complexity index is 1600. The zero-order valence-corrected chi connectivity index (χ0v) is 28.0. The summed E-state index contributed by atoms with van der Waals surface area (Å²) in [7, 11) is 3.03. The van der Waals surface area contributed by atoms with E-state index in [1.165, 1.54) is 13.5 Å². The third-order valence-corrected chi connectivity index (χ3v) is 8.71. The normalized spacial score (nSPS) is 20.5. The molecule has 47 heavy (non-hydrogen) atoms. The first kappa shape index (κ1) is 33.9. The number of hydrogen-bond acceptors (Lipinski definition) is 7. The molecule has 4 aromatic rings. The number of imidazole rings is 2. The van der Waals surface area contributed by atoms with Crippen LogP contribution in [0.5, 0.6) is 0 Å². The number of likely N-dealkylation sites (tertiary alicyclic amines) is 1. The Morgan fingerprint density at radius 1 is 0.872 bits per heavy atom. The largest absolute Gasteiger partial charge is 0.453 e. The summed E-state index contributed by atoms with van der Waals surface area (Å²) in [5, 5.41) is 6.03. The van der Waals surface area contributed by atoms with Gasteiger partial charge in [-0.05, 0) is 54.4 Å². The molecule has 4 atom stereocenters. The number of H-pyrrole nitrogens is 2. The second-order valence-corrected chi connectivity index (χ2v) is 12.3. The molecule has 4 unspecified atom stereocenters. The summed E-state index contributed by atoms with van der Waals surface area (Å²) in [6.45, 7) is 7.87. The summed E-state index contributed by atoms with van der Waals surface area (Å²) < 4.78 is 9.90. The minimum atomic E-state index is -0.623. The highest BCUT2D eigenvalue weighted by Crippen LogP contribution is 2.36. The number of rotatable bonds is 9. The van der Waals surface area contributed by atoms with E-state index in [9.17, 15) is 9.59 Å². The molecule has 2 aromatic heterocycles. The number of carbonyl (C=O) groups is 2. The van der Waals surface area contributed by atoms with Crippen LogP contribution in [0.4, 0.5) is 4.79 Å². The van der Waals surface area contributed by atoms with Gasteiger partial charge in [-0.3, -0.25) is 4.79 Å². The van der Waals surface area contributed by atoms with Crippen LogP contribution >= 0.6 is 0 Å². The minimum Gasteiger partial charge on any atom is -0.453 e. The Balaban J connectivity index is 0.00000139. The average Bonchev–Trinajstić information content (AvgIpc) is 3.91. The van der Waals surface area contributed by atoms with Gasteiger partial charge in [-0.25, -0.2) is 14.8 Å². The van der Waals surface area contributed by atoms with Crippen LogP contribution in [0.15, 0.2) is 60.9 Å². The van der Waals surface area contributed by atoms with Gasteiger partial charge in [0.05, 0.1) is 49.6 Å². The van der Waals surface area contributed by atoms with Crippen LogP contribution in [0.1, 0.15) is 70.2 Å². The number of alkyl carbamates (subject to hydrolysis) is 1. The molecule has 6 rings (SSSR count). The first-order valence-corrected chi connectivity index (χ1v) is 16.5. The summed E-state index contributed by atoms with van der Waals surface area (Å²) in [5.41, 5.74) is 6.24. The maximum atomic E-state index is 12.9. The Morgan fingerprint density at radius 2 is 1.43 bits per heavy atom. The van der Waals surface area contributed by atoms with Gasteiger partial charge in [-0.1, -0.05) is 68.8 Å². The molecule has 0 radical (unpaired) electrons. The predicted octanol–water partition coefficient (Wildman–Crippen LogP) is 6.26. The lowest BCUT2D eigenvalue weighted by atomic mass is 10.0. The van der Waals surface area contributed by atoms with Crippen molar-refractivity contribution in [3.8, 4) is 33.6 Å². The van der Waals surface area contributed by atoms with Crippen molar-refractivity contribution in [1.82, 2.24) is 35.5 Å². The van der Waals surface area contributed by atoms with E-state index in [4.69, 9.17) is 4.74 Å². The molecule has 0 spiro atoms. The van der Waals surface area contributed by atoms with Crippen LogP contribution in [-0.4, -0.2) is 76.8 Å². The first-order chi connectivity index (χ1) is 22.8. The number of hydrogen-bond donors (Lipinski definition) is 4. The van der Waals surface area contributed by atoms with Crippen LogP contribution < -0.4 is 10.6 Å². The van der Waals surface area contributed by atoms with Crippen molar-refractivity contribution in [1.29, 1.82) is 0 Å². The zero-order chi connectivity index (χ0) is 33.3. The second-order valence-electron chi connectivity index (χ2n) is 12.3. The molecule has 2 saturated heterocycles. The summed E-state index contributed by atoms with van der Waals surface area (Å²) in [5.74, 6) is 2.07. The van der Waals surface area contributed by atoms with Gasteiger partial charge in [0.2, 0.25) is 5.91 Å². The molecule has 0 aliphatic carbocycles. The maximum Gasteiger partial charge on any atom is 0.407 e. The quantitative estimate of drug-likeness (QED) is 0.169. The number of aromatic amines is 2. The molecule has 250 valence electrons. The van der Waals surface area contributed by atoms with Crippen molar-refractivity contribution in [3.63, 3.8) is 0 Å². The Kier molecular flexibility index (Phi) is 11.4. The molecule has 2 fully saturated rings. The summed E-state index contributed by atoms with van der Waals surface area (Å²) >= 11 is 0. The van der Waals surface area contributed by atoms with Gasteiger partial charge in [0.1, 0.15) is 18.2 Å². The highest BCUT2D eigenvalue weighted by Gasteiger charge is 2.37. The average molecular weight is 642 g/mol. The topological polar surface area (TPSA) is 137 Å². The lowest BCUT2D eigenvalue weighted by Crippen LogP contribution is -2.43. The molecule has 2 aliphatic rings. The molecule has 4 heterocycles. The van der Waals surface area contributed by atoms with E-state index in [2.05, 4.69) is 97.7 Å². The van der Waals surface area contributed by atoms with Gasteiger partial charge in [0.15, 0.2) is 0 Å². The number of carbonyl (C=O) groups excluding carboxylic acids is 2. The van der Waals surface area contributed by atoms with Crippen molar-refractivity contribution >= 4 is 12.0 Å². The standard InChI is InChI=1S/C33H39N7O4.C3H8/c1-20-4-13-29(40(20)30(41)18-37-33(42)44-3)32-36-17-28(39-32)25-11-7-23(8-12-25)22-5-9-24(10-6-22)27-16-35-31(38-27)26-14-21(15-34-26)19-43-2;1-3-2/h5-12,16-17,20-21,26,29,34H,4,13-15,18-19H2,1-3H3,(H,35,38)(H,36,39)(H,37,42);3H2,1-2H3. The van der Waals surface area contributed by atoms with Crippen LogP contribution in [0.3, 0.4) is 0 Å². The van der Waals surface area contributed by atoms with E-state index in [0.717, 1.165) is 77.7 Å². The molecule has 4 N–H and O–H groups in total. The summed E-state index contributed by atoms with van der Waals surface area (Å²) in [6.07, 6.45) is 7.04. The van der Waals surface area contributed by atoms with Crippen molar-refractivity contribution in [2.24, 2.45) is 5.92 Å². The van der Waals surface area contributed by atoms with E-state index in [1.807, 2.05) is 19.3 Å². The van der Waals surface area contributed by atoms with Crippen LogP contribution in [0, 0.1) is 5.92 Å². The van der Waals surface area contributed by atoms with E-state index >= 15 is 0 Å². The minimum absolute atomic E-state index is 0.0552. The van der Waals surface area contributed by atoms with Gasteiger partial charge in [-0.15, -0.1) is 0 Å². The van der Waals surface area contributed by atoms with Crippen molar-refractivity contribution < 1.29 is 19.1 Å². The molecule has 11 nitrogen and oxygen atoms in total. The van der Waals surface area contributed by atoms with Crippen LogP contribution in [-0.2, 0) is 14.3 Å². The number of nitrogens with zero attached hydrogens (tertiary/aromatic N) is 3. The lowest BCUT2D eigenvalue weighted by molar-refractivity contribution is -0.133. The Labute approximate surface area is 276 Å². The van der Waals surface area contributed by atoms with E-state index < -0.39 is 6.09 Å². The van der Waals surface area contributed by atoms with Gasteiger partial charge >= 0.3 is 6.09 Å². The summed E-state index contributed by atoms with van der Waals surface area (Å²) in [6, 6.07) is 17.0. The molecule has 11 heteroatoms. The monoisotopic (exact) mass is 641 g/mol. The van der Waals surface area contributed by atoms with Gasteiger partial charge in [-0.2, -0.15) is 0 Å². The number of benzene rings is 2.